The van der Waals surface area contributed by atoms with Crippen LogP contribution in [0.2, 0.25) is 0 Å². The molecule has 0 saturated carbocycles. The topological polar surface area (TPSA) is 53.3 Å². The molecule has 5 heteroatoms. The molecule has 1 fully saturated rings. The van der Waals surface area contributed by atoms with Crippen LogP contribution in [0, 0.1) is 23.1 Å². The minimum absolute atomic E-state index is 0.118. The molecule has 128 valence electrons. The van der Waals surface area contributed by atoms with Crippen LogP contribution < -0.4 is 4.74 Å². The zero-order chi connectivity index (χ0) is 17.6. The largest absolute Gasteiger partial charge is 0.493 e. The molecule has 0 N–H and O–H groups in total. The summed E-state index contributed by atoms with van der Waals surface area (Å²) in [4.78, 5) is 14.5. The third kappa shape index (κ3) is 4.16. The summed E-state index contributed by atoms with van der Waals surface area (Å²) >= 11 is 0. The van der Waals surface area contributed by atoms with Gasteiger partial charge in [-0.25, -0.2) is 4.39 Å². The van der Waals surface area contributed by atoms with E-state index in [-0.39, 0.29) is 17.6 Å². The van der Waals surface area contributed by atoms with Gasteiger partial charge in [0.05, 0.1) is 23.8 Å². The number of rotatable bonds is 4. The van der Waals surface area contributed by atoms with E-state index in [1.54, 1.807) is 41.3 Å². The van der Waals surface area contributed by atoms with E-state index in [1.807, 2.05) is 0 Å². The summed E-state index contributed by atoms with van der Waals surface area (Å²) in [6, 6.07) is 15.0. The Balaban J connectivity index is 1.63. The molecule has 1 amide bonds. The van der Waals surface area contributed by atoms with Crippen molar-refractivity contribution in [3.8, 4) is 11.8 Å². The number of benzene rings is 2. The van der Waals surface area contributed by atoms with Crippen molar-refractivity contribution in [2.75, 3.05) is 19.7 Å². The van der Waals surface area contributed by atoms with Gasteiger partial charge in [-0.05, 0) is 37.1 Å². The van der Waals surface area contributed by atoms with E-state index in [0.29, 0.717) is 36.6 Å². The fourth-order valence-electron chi connectivity index (χ4n) is 3.09. The number of amides is 1. The Morgan fingerprint density at radius 3 is 2.92 bits per heavy atom. The third-order valence-electron chi connectivity index (χ3n) is 4.37. The quantitative estimate of drug-likeness (QED) is 0.855. The summed E-state index contributed by atoms with van der Waals surface area (Å²) in [7, 11) is 0. The van der Waals surface area contributed by atoms with Crippen LogP contribution in [0.25, 0.3) is 0 Å². The lowest BCUT2D eigenvalue weighted by Gasteiger charge is -2.33. The van der Waals surface area contributed by atoms with E-state index in [9.17, 15) is 14.4 Å². The molecule has 0 unspecified atom stereocenters. The van der Waals surface area contributed by atoms with Crippen molar-refractivity contribution in [3.63, 3.8) is 0 Å². The van der Waals surface area contributed by atoms with Gasteiger partial charge in [0.1, 0.15) is 11.6 Å². The normalized spacial score (nSPS) is 17.0. The number of hydrogen-bond acceptors (Lipinski definition) is 3. The number of carbonyl (C=O) groups is 1. The van der Waals surface area contributed by atoms with Crippen molar-refractivity contribution in [3.05, 3.63) is 65.5 Å². The van der Waals surface area contributed by atoms with Crippen LogP contribution in [0.1, 0.15) is 28.8 Å². The highest BCUT2D eigenvalue weighted by atomic mass is 19.1. The number of piperidine rings is 1. The summed E-state index contributed by atoms with van der Waals surface area (Å²) < 4.78 is 18.9. The predicted octanol–water partition coefficient (Wildman–Crippen LogP) is 3.63. The standard InChI is InChI=1S/C20H19FN2O2/c21-17-7-3-8-18(11-17)25-14-15-5-4-10-23(13-15)20(24)19-9-2-1-6-16(19)12-22/h1-3,6-9,11,15H,4-5,10,13-14H2/t15-/m0/s1. The van der Waals surface area contributed by atoms with E-state index in [4.69, 9.17) is 4.74 Å². The maximum atomic E-state index is 13.2. The van der Waals surface area contributed by atoms with Crippen LogP contribution in [0.5, 0.6) is 5.75 Å². The molecule has 0 aliphatic carbocycles. The minimum Gasteiger partial charge on any atom is -0.493 e. The molecule has 3 rings (SSSR count). The van der Waals surface area contributed by atoms with Gasteiger partial charge in [-0.1, -0.05) is 18.2 Å². The van der Waals surface area contributed by atoms with Crippen molar-refractivity contribution in [2.45, 2.75) is 12.8 Å². The molecule has 1 aliphatic heterocycles. The van der Waals surface area contributed by atoms with E-state index < -0.39 is 0 Å². The van der Waals surface area contributed by atoms with E-state index >= 15 is 0 Å². The molecule has 2 aromatic rings. The van der Waals surface area contributed by atoms with Gasteiger partial charge in [0.2, 0.25) is 0 Å². The van der Waals surface area contributed by atoms with Crippen molar-refractivity contribution < 1.29 is 13.9 Å². The number of carbonyl (C=O) groups excluding carboxylic acids is 1. The fraction of sp³-hybridized carbons (Fsp3) is 0.300. The second-order valence-electron chi connectivity index (χ2n) is 6.19. The van der Waals surface area contributed by atoms with Gasteiger partial charge in [0, 0.05) is 25.1 Å². The molecule has 0 bridgehead atoms. The van der Waals surface area contributed by atoms with Crippen LogP contribution in [0.15, 0.2) is 48.5 Å². The molecule has 1 atom stereocenters. The van der Waals surface area contributed by atoms with Crippen LogP contribution in [0.4, 0.5) is 4.39 Å². The van der Waals surface area contributed by atoms with Crippen LogP contribution in [0.3, 0.4) is 0 Å². The monoisotopic (exact) mass is 338 g/mol. The van der Waals surface area contributed by atoms with Crippen molar-refractivity contribution in [1.29, 1.82) is 5.26 Å². The molecule has 1 heterocycles. The fourth-order valence-corrected chi connectivity index (χ4v) is 3.09. The summed E-state index contributed by atoms with van der Waals surface area (Å²) in [6.07, 6.45) is 1.84. The van der Waals surface area contributed by atoms with Crippen molar-refractivity contribution in [1.82, 2.24) is 4.90 Å². The molecule has 2 aromatic carbocycles. The Labute approximate surface area is 146 Å². The van der Waals surface area contributed by atoms with Crippen molar-refractivity contribution in [2.24, 2.45) is 5.92 Å². The first-order chi connectivity index (χ1) is 12.2. The van der Waals surface area contributed by atoms with Crippen LogP contribution in [-0.2, 0) is 0 Å². The van der Waals surface area contributed by atoms with Gasteiger partial charge in [-0.15, -0.1) is 0 Å². The second-order valence-corrected chi connectivity index (χ2v) is 6.19. The molecular weight excluding hydrogens is 319 g/mol. The summed E-state index contributed by atoms with van der Waals surface area (Å²) in [5.74, 6) is 0.243. The lowest BCUT2D eigenvalue weighted by molar-refractivity contribution is 0.0633. The average molecular weight is 338 g/mol. The molecule has 0 radical (unpaired) electrons. The van der Waals surface area contributed by atoms with Gasteiger partial charge < -0.3 is 9.64 Å². The Morgan fingerprint density at radius 2 is 2.12 bits per heavy atom. The predicted molar refractivity (Wildman–Crippen MR) is 91.7 cm³/mol. The number of likely N-dealkylation sites (tertiary alicyclic amines) is 1. The molecule has 0 aromatic heterocycles. The third-order valence-corrected chi connectivity index (χ3v) is 4.37. The highest BCUT2D eigenvalue weighted by Crippen LogP contribution is 2.21. The Morgan fingerprint density at radius 1 is 1.28 bits per heavy atom. The summed E-state index contributed by atoms with van der Waals surface area (Å²) in [5.41, 5.74) is 0.835. The highest BCUT2D eigenvalue weighted by Gasteiger charge is 2.26. The van der Waals surface area contributed by atoms with Gasteiger partial charge in [0.15, 0.2) is 0 Å². The van der Waals surface area contributed by atoms with Crippen LogP contribution >= 0.6 is 0 Å². The number of hydrogen-bond donors (Lipinski definition) is 0. The number of halogens is 1. The van der Waals surface area contributed by atoms with Crippen molar-refractivity contribution >= 4 is 5.91 Å². The Hall–Kier alpha value is -2.87. The Bertz CT molecular complexity index is 800. The zero-order valence-corrected chi connectivity index (χ0v) is 13.8. The summed E-state index contributed by atoms with van der Waals surface area (Å²) in [5, 5.41) is 9.18. The second kappa shape index (κ2) is 7.80. The molecule has 0 spiro atoms. The molecular formula is C20H19FN2O2. The number of ether oxygens (including phenoxy) is 1. The minimum atomic E-state index is -0.328. The first-order valence-electron chi connectivity index (χ1n) is 8.34. The zero-order valence-electron chi connectivity index (χ0n) is 13.8. The molecule has 1 saturated heterocycles. The van der Waals surface area contributed by atoms with Gasteiger partial charge in [-0.2, -0.15) is 5.26 Å². The first kappa shape index (κ1) is 17.0. The summed E-state index contributed by atoms with van der Waals surface area (Å²) in [6.45, 7) is 1.69. The van der Waals surface area contributed by atoms with E-state index in [2.05, 4.69) is 6.07 Å². The average Bonchev–Trinajstić information content (AvgIpc) is 2.66. The lowest BCUT2D eigenvalue weighted by atomic mass is 9.97. The highest BCUT2D eigenvalue weighted by molar-refractivity contribution is 5.96. The van der Waals surface area contributed by atoms with Gasteiger partial charge in [0.25, 0.3) is 5.91 Å². The lowest BCUT2D eigenvalue weighted by Crippen LogP contribution is -2.41. The molecule has 1 aliphatic rings. The maximum absolute atomic E-state index is 13.2. The van der Waals surface area contributed by atoms with E-state index in [0.717, 1.165) is 12.8 Å². The first-order valence-corrected chi connectivity index (χ1v) is 8.34. The SMILES string of the molecule is N#Cc1ccccc1C(=O)N1CCC[C@H](COc2cccc(F)c2)C1. The van der Waals surface area contributed by atoms with Gasteiger partial charge in [-0.3, -0.25) is 4.79 Å². The van der Waals surface area contributed by atoms with Crippen LogP contribution in [-0.4, -0.2) is 30.5 Å². The maximum Gasteiger partial charge on any atom is 0.255 e. The van der Waals surface area contributed by atoms with Gasteiger partial charge >= 0.3 is 0 Å². The van der Waals surface area contributed by atoms with E-state index in [1.165, 1.54) is 12.1 Å². The number of nitrogens with zero attached hydrogens (tertiary/aromatic N) is 2. The smallest absolute Gasteiger partial charge is 0.255 e. The molecule has 4 nitrogen and oxygen atoms in total. The Kier molecular flexibility index (Phi) is 5.30. The molecule has 25 heavy (non-hydrogen) atoms. The number of nitriles is 1.